The first-order chi connectivity index (χ1) is 8.16. The number of likely N-dealkylation sites (tertiary alicyclic amines) is 1. The number of nitrogens with one attached hydrogen (secondary N) is 1. The summed E-state index contributed by atoms with van der Waals surface area (Å²) in [5, 5.41) is 3.57. The van der Waals surface area contributed by atoms with Crippen molar-refractivity contribution in [1.82, 2.24) is 10.2 Å². The fourth-order valence-electron chi connectivity index (χ4n) is 2.48. The van der Waals surface area contributed by atoms with Gasteiger partial charge in [0.15, 0.2) is 0 Å². The molecule has 2 heterocycles. The summed E-state index contributed by atoms with van der Waals surface area (Å²) in [6.07, 6.45) is 3.06. The van der Waals surface area contributed by atoms with E-state index in [-0.39, 0.29) is 0 Å². The lowest BCUT2D eigenvalue weighted by Gasteiger charge is -2.21. The molecule has 0 bridgehead atoms. The highest BCUT2D eigenvalue weighted by molar-refractivity contribution is 5.03. The molecule has 3 heteroatoms. The van der Waals surface area contributed by atoms with Crippen LogP contribution < -0.4 is 5.32 Å². The summed E-state index contributed by atoms with van der Waals surface area (Å²) in [5.41, 5.74) is 0. The third-order valence-corrected chi connectivity index (χ3v) is 3.73. The summed E-state index contributed by atoms with van der Waals surface area (Å²) in [5.74, 6) is 1.82. The van der Waals surface area contributed by atoms with Crippen molar-refractivity contribution in [3.8, 4) is 0 Å². The molecule has 2 unspecified atom stereocenters. The van der Waals surface area contributed by atoms with Crippen LogP contribution in [0.5, 0.6) is 0 Å². The molecule has 0 aromatic carbocycles. The number of hydrogen-bond acceptors (Lipinski definition) is 3. The monoisotopic (exact) mass is 236 g/mol. The zero-order chi connectivity index (χ0) is 12.3. The summed E-state index contributed by atoms with van der Waals surface area (Å²) in [6.45, 7) is 10.3. The Morgan fingerprint density at radius 2 is 2.29 bits per heavy atom. The van der Waals surface area contributed by atoms with E-state index in [1.165, 1.54) is 19.5 Å². The average Bonchev–Trinajstić information content (AvgIpc) is 2.97. The van der Waals surface area contributed by atoms with Gasteiger partial charge in [-0.25, -0.2) is 0 Å². The van der Waals surface area contributed by atoms with Crippen LogP contribution in [-0.2, 0) is 0 Å². The van der Waals surface area contributed by atoms with Crippen LogP contribution in [0.25, 0.3) is 0 Å². The van der Waals surface area contributed by atoms with Crippen LogP contribution in [-0.4, -0.2) is 30.6 Å². The lowest BCUT2D eigenvalue weighted by Crippen LogP contribution is -2.31. The zero-order valence-electron chi connectivity index (χ0n) is 11.1. The van der Waals surface area contributed by atoms with Crippen molar-refractivity contribution in [2.24, 2.45) is 5.92 Å². The van der Waals surface area contributed by atoms with Crippen LogP contribution in [0.15, 0.2) is 22.8 Å². The first kappa shape index (κ1) is 12.7. The fraction of sp³-hybridized carbons (Fsp3) is 0.714. The molecule has 1 N–H and O–H groups in total. The number of furan rings is 1. The molecule has 96 valence electrons. The second-order valence-electron chi connectivity index (χ2n) is 5.39. The summed E-state index contributed by atoms with van der Waals surface area (Å²) >= 11 is 0. The van der Waals surface area contributed by atoms with Gasteiger partial charge in [-0.1, -0.05) is 0 Å². The predicted octanol–water partition coefficient (Wildman–Crippen LogP) is 2.66. The molecular formula is C14H24N2O. The van der Waals surface area contributed by atoms with Gasteiger partial charge in [-0.15, -0.1) is 0 Å². The second kappa shape index (κ2) is 5.69. The van der Waals surface area contributed by atoms with E-state index in [2.05, 4.69) is 31.0 Å². The third-order valence-electron chi connectivity index (χ3n) is 3.73. The minimum atomic E-state index is 0.318. The topological polar surface area (TPSA) is 28.4 Å². The van der Waals surface area contributed by atoms with E-state index in [1.807, 2.05) is 12.1 Å². The maximum atomic E-state index is 5.40. The Hall–Kier alpha value is -0.800. The van der Waals surface area contributed by atoms with E-state index < -0.39 is 0 Å². The molecular weight excluding hydrogens is 212 g/mol. The Bertz CT molecular complexity index is 321. The van der Waals surface area contributed by atoms with Crippen molar-refractivity contribution < 1.29 is 4.42 Å². The van der Waals surface area contributed by atoms with Gasteiger partial charge in [-0.05, 0) is 58.3 Å². The SMILES string of the molecule is CC(NCC1CCN(C(C)C)C1)c1ccco1. The normalized spacial score (nSPS) is 23.4. The first-order valence-electron chi connectivity index (χ1n) is 6.67. The highest BCUT2D eigenvalue weighted by Crippen LogP contribution is 2.19. The van der Waals surface area contributed by atoms with E-state index >= 15 is 0 Å². The Kier molecular flexibility index (Phi) is 4.24. The molecule has 0 amide bonds. The van der Waals surface area contributed by atoms with Gasteiger partial charge < -0.3 is 14.6 Å². The molecule has 1 aliphatic rings. The lowest BCUT2D eigenvalue weighted by atomic mass is 10.1. The average molecular weight is 236 g/mol. The van der Waals surface area contributed by atoms with E-state index in [4.69, 9.17) is 4.42 Å². The minimum Gasteiger partial charge on any atom is -0.468 e. The van der Waals surface area contributed by atoms with Crippen LogP contribution in [0.4, 0.5) is 0 Å². The van der Waals surface area contributed by atoms with E-state index in [0.717, 1.165) is 18.2 Å². The highest BCUT2D eigenvalue weighted by Gasteiger charge is 2.24. The molecule has 1 saturated heterocycles. The number of nitrogens with zero attached hydrogens (tertiary/aromatic N) is 1. The van der Waals surface area contributed by atoms with Gasteiger partial charge in [-0.3, -0.25) is 0 Å². The van der Waals surface area contributed by atoms with Gasteiger partial charge in [0.05, 0.1) is 12.3 Å². The van der Waals surface area contributed by atoms with Crippen LogP contribution in [0.3, 0.4) is 0 Å². The van der Waals surface area contributed by atoms with Gasteiger partial charge in [0, 0.05) is 12.6 Å². The smallest absolute Gasteiger partial charge is 0.120 e. The molecule has 1 aromatic rings. The van der Waals surface area contributed by atoms with Crippen molar-refractivity contribution in [3.05, 3.63) is 24.2 Å². The molecule has 1 aromatic heterocycles. The molecule has 2 rings (SSSR count). The molecule has 0 radical (unpaired) electrons. The van der Waals surface area contributed by atoms with Crippen molar-refractivity contribution >= 4 is 0 Å². The molecule has 0 spiro atoms. The summed E-state index contributed by atoms with van der Waals surface area (Å²) in [6, 6.07) is 4.98. The van der Waals surface area contributed by atoms with Crippen molar-refractivity contribution in [2.45, 2.75) is 39.3 Å². The van der Waals surface area contributed by atoms with E-state index in [9.17, 15) is 0 Å². The number of rotatable bonds is 5. The van der Waals surface area contributed by atoms with Crippen LogP contribution >= 0.6 is 0 Å². The minimum absolute atomic E-state index is 0.318. The zero-order valence-corrected chi connectivity index (χ0v) is 11.1. The van der Waals surface area contributed by atoms with Gasteiger partial charge >= 0.3 is 0 Å². The Morgan fingerprint density at radius 3 is 2.88 bits per heavy atom. The van der Waals surface area contributed by atoms with Crippen LogP contribution in [0, 0.1) is 5.92 Å². The van der Waals surface area contributed by atoms with Gasteiger partial charge in [-0.2, -0.15) is 0 Å². The quantitative estimate of drug-likeness (QED) is 0.852. The molecule has 2 atom stereocenters. The fourth-order valence-corrected chi connectivity index (χ4v) is 2.48. The molecule has 0 aliphatic carbocycles. The number of hydrogen-bond donors (Lipinski definition) is 1. The third kappa shape index (κ3) is 3.33. The van der Waals surface area contributed by atoms with E-state index in [0.29, 0.717) is 12.1 Å². The predicted molar refractivity (Wildman–Crippen MR) is 69.9 cm³/mol. The lowest BCUT2D eigenvalue weighted by molar-refractivity contribution is 0.262. The van der Waals surface area contributed by atoms with E-state index in [1.54, 1.807) is 6.26 Å². The molecule has 1 fully saturated rings. The first-order valence-corrected chi connectivity index (χ1v) is 6.67. The summed E-state index contributed by atoms with van der Waals surface area (Å²) in [7, 11) is 0. The van der Waals surface area contributed by atoms with Gasteiger partial charge in [0.25, 0.3) is 0 Å². The molecule has 0 saturated carbocycles. The Morgan fingerprint density at radius 1 is 1.47 bits per heavy atom. The highest BCUT2D eigenvalue weighted by atomic mass is 16.3. The van der Waals surface area contributed by atoms with Crippen LogP contribution in [0.2, 0.25) is 0 Å². The Balaban J connectivity index is 1.73. The maximum absolute atomic E-state index is 5.40. The molecule has 17 heavy (non-hydrogen) atoms. The molecule has 1 aliphatic heterocycles. The maximum Gasteiger partial charge on any atom is 0.120 e. The van der Waals surface area contributed by atoms with Crippen molar-refractivity contribution in [1.29, 1.82) is 0 Å². The summed E-state index contributed by atoms with van der Waals surface area (Å²) < 4.78 is 5.40. The molecule has 3 nitrogen and oxygen atoms in total. The van der Waals surface area contributed by atoms with Crippen LogP contribution in [0.1, 0.15) is 39.0 Å². The Labute approximate surface area is 104 Å². The van der Waals surface area contributed by atoms with Gasteiger partial charge in [0.2, 0.25) is 0 Å². The van der Waals surface area contributed by atoms with Crippen molar-refractivity contribution in [3.63, 3.8) is 0 Å². The summed E-state index contributed by atoms with van der Waals surface area (Å²) in [4.78, 5) is 2.56. The standard InChI is InChI=1S/C14H24N2O/c1-11(2)16-7-6-13(10-16)9-15-12(3)14-5-4-8-17-14/h4-5,8,11-13,15H,6-7,9-10H2,1-3H3. The second-order valence-corrected chi connectivity index (χ2v) is 5.39. The largest absolute Gasteiger partial charge is 0.468 e. The van der Waals surface area contributed by atoms with Gasteiger partial charge in [0.1, 0.15) is 5.76 Å². The van der Waals surface area contributed by atoms with Crippen molar-refractivity contribution in [2.75, 3.05) is 19.6 Å².